The zero-order valence-corrected chi connectivity index (χ0v) is 21.5. The van der Waals surface area contributed by atoms with Crippen LogP contribution in [0.3, 0.4) is 0 Å². The lowest BCUT2D eigenvalue weighted by molar-refractivity contribution is 0.348. The van der Waals surface area contributed by atoms with Crippen molar-refractivity contribution < 1.29 is 0 Å². The molecule has 3 nitrogen and oxygen atoms in total. The Morgan fingerprint density at radius 3 is 2.08 bits per heavy atom. The van der Waals surface area contributed by atoms with Crippen LogP contribution < -0.4 is 9.80 Å². The zero-order chi connectivity index (χ0) is 24.2. The van der Waals surface area contributed by atoms with E-state index in [0.717, 1.165) is 26.2 Å². The second kappa shape index (κ2) is 10.8. The molecule has 0 bridgehead atoms. The first kappa shape index (κ1) is 23.2. The number of benzene rings is 4. The van der Waals surface area contributed by atoms with Crippen molar-refractivity contribution in [3.05, 3.63) is 114 Å². The Morgan fingerprint density at radius 2 is 1.28 bits per heavy atom. The van der Waals surface area contributed by atoms with Crippen molar-refractivity contribution in [1.82, 2.24) is 4.90 Å². The number of hydrogen-bond acceptors (Lipinski definition) is 4. The van der Waals surface area contributed by atoms with Crippen molar-refractivity contribution in [3.63, 3.8) is 0 Å². The smallest absolute Gasteiger partial charge is 0.0556 e. The van der Waals surface area contributed by atoms with Crippen LogP contribution in [0.5, 0.6) is 0 Å². The molecule has 2 heterocycles. The van der Waals surface area contributed by atoms with E-state index in [1.54, 1.807) is 0 Å². The van der Waals surface area contributed by atoms with Crippen LogP contribution in [0.15, 0.2) is 113 Å². The van der Waals surface area contributed by atoms with E-state index in [-0.39, 0.29) is 0 Å². The van der Waals surface area contributed by atoms with Crippen LogP contribution in [-0.2, 0) is 13.1 Å². The van der Waals surface area contributed by atoms with E-state index in [4.69, 9.17) is 0 Å². The minimum Gasteiger partial charge on any atom is -0.363 e. The molecule has 0 N–H and O–H groups in total. The minimum atomic E-state index is 0.873. The van der Waals surface area contributed by atoms with Gasteiger partial charge in [0.15, 0.2) is 0 Å². The van der Waals surface area contributed by atoms with Crippen molar-refractivity contribution >= 4 is 28.8 Å². The van der Waals surface area contributed by atoms with Crippen molar-refractivity contribution in [1.29, 1.82) is 0 Å². The Morgan fingerprint density at radius 1 is 0.611 bits per heavy atom. The van der Waals surface area contributed by atoms with Gasteiger partial charge in [-0.1, -0.05) is 78.5 Å². The lowest BCUT2D eigenvalue weighted by Gasteiger charge is -2.34. The Kier molecular flexibility index (Phi) is 6.97. The minimum absolute atomic E-state index is 0.873. The summed E-state index contributed by atoms with van der Waals surface area (Å²) in [4.78, 5) is 10.4. The second-order valence-corrected chi connectivity index (χ2v) is 10.8. The predicted octanol–water partition coefficient (Wildman–Crippen LogP) is 7.59. The van der Waals surface area contributed by atoms with Gasteiger partial charge in [-0.2, -0.15) is 0 Å². The van der Waals surface area contributed by atoms with E-state index in [0.29, 0.717) is 0 Å². The third kappa shape index (κ3) is 5.16. The molecule has 4 heteroatoms. The van der Waals surface area contributed by atoms with Crippen LogP contribution in [0.25, 0.3) is 0 Å². The van der Waals surface area contributed by atoms with Gasteiger partial charge in [-0.3, -0.25) is 0 Å². The van der Waals surface area contributed by atoms with E-state index in [9.17, 15) is 0 Å². The van der Waals surface area contributed by atoms with E-state index in [1.165, 1.54) is 63.9 Å². The summed E-state index contributed by atoms with van der Waals surface area (Å²) in [7, 11) is 0. The molecule has 4 aromatic rings. The molecule has 0 amide bonds. The molecule has 6 rings (SSSR count). The van der Waals surface area contributed by atoms with Gasteiger partial charge in [0.25, 0.3) is 0 Å². The highest BCUT2D eigenvalue weighted by molar-refractivity contribution is 7.99. The summed E-state index contributed by atoms with van der Waals surface area (Å²) in [5, 5.41) is 0. The molecule has 0 aliphatic carbocycles. The Bertz CT molecular complexity index is 1290. The molecule has 0 aromatic heterocycles. The number of nitrogens with zero attached hydrogens (tertiary/aromatic N) is 3. The SMILES string of the molecule is c1ccc(CN(Cc2ccc3c(c2)N(CCN2CCCC2)c2ccccc2S3)c2ccccc2)cc1. The monoisotopic (exact) mass is 491 g/mol. The average molecular weight is 492 g/mol. The molecule has 0 radical (unpaired) electrons. The Hall–Kier alpha value is -3.21. The molecule has 182 valence electrons. The van der Waals surface area contributed by atoms with Gasteiger partial charge in [0.1, 0.15) is 0 Å². The molecular weight excluding hydrogens is 458 g/mol. The number of hydrogen-bond donors (Lipinski definition) is 0. The van der Waals surface area contributed by atoms with Gasteiger partial charge in [0.2, 0.25) is 0 Å². The van der Waals surface area contributed by atoms with Gasteiger partial charge < -0.3 is 14.7 Å². The van der Waals surface area contributed by atoms with Crippen LogP contribution in [0, 0.1) is 0 Å². The molecule has 0 saturated carbocycles. The van der Waals surface area contributed by atoms with Gasteiger partial charge >= 0.3 is 0 Å². The average Bonchev–Trinajstić information content (AvgIpc) is 3.46. The summed E-state index contributed by atoms with van der Waals surface area (Å²) in [5.74, 6) is 0. The maximum absolute atomic E-state index is 2.62. The highest BCUT2D eigenvalue weighted by Gasteiger charge is 2.25. The van der Waals surface area contributed by atoms with Gasteiger partial charge in [-0.05, 0) is 73.5 Å². The normalized spacial score (nSPS) is 14.9. The van der Waals surface area contributed by atoms with E-state index >= 15 is 0 Å². The molecular formula is C32H33N3S. The summed E-state index contributed by atoms with van der Waals surface area (Å²) in [6, 6.07) is 37.5. The summed E-state index contributed by atoms with van der Waals surface area (Å²) >= 11 is 1.90. The van der Waals surface area contributed by atoms with Gasteiger partial charge in [0.05, 0.1) is 11.4 Å². The topological polar surface area (TPSA) is 9.72 Å². The number of fused-ring (bicyclic) bond motifs is 2. The van der Waals surface area contributed by atoms with E-state index in [2.05, 4.69) is 118 Å². The standard InChI is InChI=1S/C32H33N3S/c1-3-11-26(12-4-1)24-34(28-13-5-2-6-14-28)25-27-17-18-32-30(23-27)35(22-21-33-19-9-10-20-33)29-15-7-8-16-31(29)36-32/h1-8,11-18,23H,9-10,19-22,24-25H2. The maximum Gasteiger partial charge on any atom is 0.0556 e. The highest BCUT2D eigenvalue weighted by Crippen LogP contribution is 2.48. The highest BCUT2D eigenvalue weighted by atomic mass is 32.2. The van der Waals surface area contributed by atoms with Crippen LogP contribution in [0.2, 0.25) is 0 Å². The fourth-order valence-corrected chi connectivity index (χ4v) is 6.44. The predicted molar refractivity (Wildman–Crippen MR) is 152 cm³/mol. The third-order valence-electron chi connectivity index (χ3n) is 7.24. The molecule has 0 atom stereocenters. The molecule has 0 unspecified atom stereocenters. The van der Waals surface area contributed by atoms with Gasteiger partial charge in [0, 0.05) is 41.7 Å². The molecule has 2 aliphatic heterocycles. The maximum atomic E-state index is 2.62. The van der Waals surface area contributed by atoms with E-state index < -0.39 is 0 Å². The molecule has 1 fully saturated rings. The molecule has 2 aliphatic rings. The number of anilines is 3. The number of rotatable bonds is 8. The lowest BCUT2D eigenvalue weighted by Crippen LogP contribution is -2.32. The van der Waals surface area contributed by atoms with Crippen LogP contribution in [0.1, 0.15) is 24.0 Å². The fourth-order valence-electron chi connectivity index (χ4n) is 5.36. The molecule has 0 spiro atoms. The van der Waals surface area contributed by atoms with Crippen molar-refractivity contribution in [2.45, 2.75) is 35.7 Å². The first-order valence-electron chi connectivity index (χ1n) is 13.1. The zero-order valence-electron chi connectivity index (χ0n) is 20.7. The molecule has 1 saturated heterocycles. The number of likely N-dealkylation sites (tertiary alicyclic amines) is 1. The lowest BCUT2D eigenvalue weighted by atomic mass is 10.1. The Balaban J connectivity index is 1.30. The fraction of sp³-hybridized carbons (Fsp3) is 0.250. The van der Waals surface area contributed by atoms with Crippen LogP contribution in [-0.4, -0.2) is 31.1 Å². The summed E-state index contributed by atoms with van der Waals surface area (Å²) < 4.78 is 0. The largest absolute Gasteiger partial charge is 0.363 e. The first-order valence-corrected chi connectivity index (χ1v) is 13.9. The first-order chi connectivity index (χ1) is 17.8. The Labute approximate surface area is 219 Å². The summed E-state index contributed by atoms with van der Waals surface area (Å²) in [6.07, 6.45) is 2.67. The van der Waals surface area contributed by atoms with Crippen LogP contribution in [0.4, 0.5) is 17.1 Å². The summed E-state index contributed by atoms with van der Waals surface area (Å²) in [6.45, 7) is 6.38. The second-order valence-electron chi connectivity index (χ2n) is 9.75. The molecule has 4 aromatic carbocycles. The third-order valence-corrected chi connectivity index (χ3v) is 8.37. The van der Waals surface area contributed by atoms with Gasteiger partial charge in [-0.15, -0.1) is 0 Å². The number of para-hydroxylation sites is 2. The van der Waals surface area contributed by atoms with Crippen molar-refractivity contribution in [2.75, 3.05) is 36.0 Å². The molecule has 36 heavy (non-hydrogen) atoms. The van der Waals surface area contributed by atoms with Crippen molar-refractivity contribution in [3.8, 4) is 0 Å². The van der Waals surface area contributed by atoms with E-state index in [1.807, 2.05) is 11.8 Å². The summed E-state index contributed by atoms with van der Waals surface area (Å²) in [5.41, 5.74) is 6.62. The van der Waals surface area contributed by atoms with Crippen molar-refractivity contribution in [2.24, 2.45) is 0 Å². The van der Waals surface area contributed by atoms with Gasteiger partial charge in [-0.25, -0.2) is 0 Å². The quantitative estimate of drug-likeness (QED) is 0.251. The van der Waals surface area contributed by atoms with Crippen LogP contribution >= 0.6 is 11.8 Å².